The number of carbonyl (C=O) groups excluding carboxylic acids is 2. The molecule has 0 unspecified atom stereocenters. The number of methoxy groups -OCH3 is 1. The first kappa shape index (κ1) is 26.2. The third-order valence-electron chi connectivity index (χ3n) is 5.77. The number of nitrogens with one attached hydrogen (secondary N) is 2. The summed E-state index contributed by atoms with van der Waals surface area (Å²) in [6.45, 7) is 0.412. The minimum atomic E-state index is -4.95. The van der Waals surface area contributed by atoms with Crippen molar-refractivity contribution in [1.29, 1.82) is 0 Å². The van der Waals surface area contributed by atoms with Gasteiger partial charge in [-0.25, -0.2) is 0 Å². The van der Waals surface area contributed by atoms with Crippen molar-refractivity contribution in [1.82, 2.24) is 5.32 Å². The minimum absolute atomic E-state index is 0.139. The van der Waals surface area contributed by atoms with Gasteiger partial charge >= 0.3 is 0 Å². The number of hydrogen-bond acceptors (Lipinski definition) is 10. The molecule has 0 saturated carbocycles. The molecular formula is C23H21N3O9S2. The third kappa shape index (κ3) is 4.68. The Hall–Kier alpha value is -3.82. The monoisotopic (exact) mass is 547 g/mol. The number of hydrogen-bond donors (Lipinski definition) is 5. The van der Waals surface area contributed by atoms with Gasteiger partial charge in [0.05, 0.1) is 34.5 Å². The molecule has 3 aromatic rings. The van der Waals surface area contributed by atoms with Crippen LogP contribution in [0.15, 0.2) is 52.3 Å². The van der Waals surface area contributed by atoms with E-state index in [-0.39, 0.29) is 16.8 Å². The molecule has 0 atom stereocenters. The minimum Gasteiger partial charge on any atom is -0.496 e. The number of ether oxygens (including phenoxy) is 1. The quantitative estimate of drug-likeness (QED) is 0.167. The third-order valence-corrected chi connectivity index (χ3v) is 7.51. The molecule has 1 aliphatic carbocycles. The predicted octanol–water partition coefficient (Wildman–Crippen LogP) is 2.01. The molecule has 0 bridgehead atoms. The highest BCUT2D eigenvalue weighted by atomic mass is 32.2. The van der Waals surface area contributed by atoms with Crippen molar-refractivity contribution < 1.29 is 40.3 Å². The Morgan fingerprint density at radius 1 is 0.892 bits per heavy atom. The zero-order chi connectivity index (χ0) is 27.3. The fourth-order valence-corrected chi connectivity index (χ4v) is 5.29. The summed E-state index contributed by atoms with van der Waals surface area (Å²) < 4.78 is 71.8. The van der Waals surface area contributed by atoms with Crippen molar-refractivity contribution in [3.8, 4) is 5.75 Å². The molecule has 0 aliphatic heterocycles. The first-order valence-electron chi connectivity index (χ1n) is 10.5. The van der Waals surface area contributed by atoms with E-state index >= 15 is 0 Å². The summed E-state index contributed by atoms with van der Waals surface area (Å²) in [6, 6.07) is 8.67. The lowest BCUT2D eigenvalue weighted by molar-refractivity contribution is 0.0980. The number of anilines is 3. The first-order valence-corrected chi connectivity index (χ1v) is 13.4. The maximum absolute atomic E-state index is 13.5. The van der Waals surface area contributed by atoms with Crippen molar-refractivity contribution in [2.75, 3.05) is 25.2 Å². The number of ketones is 2. The van der Waals surface area contributed by atoms with Crippen LogP contribution in [-0.4, -0.2) is 51.7 Å². The maximum Gasteiger partial charge on any atom is 0.296 e. The van der Waals surface area contributed by atoms with Gasteiger partial charge in [0.2, 0.25) is 0 Å². The summed E-state index contributed by atoms with van der Waals surface area (Å²) >= 11 is 0. The normalized spacial score (nSPS) is 13.2. The molecule has 14 heteroatoms. The van der Waals surface area contributed by atoms with Crippen LogP contribution in [-0.2, 0) is 26.8 Å². The van der Waals surface area contributed by atoms with Gasteiger partial charge in [0.15, 0.2) is 11.6 Å². The molecule has 1 aliphatic rings. The smallest absolute Gasteiger partial charge is 0.296 e. The molecular weight excluding hydrogens is 526 g/mol. The van der Waals surface area contributed by atoms with Gasteiger partial charge in [0.25, 0.3) is 20.2 Å². The van der Waals surface area contributed by atoms with Crippen LogP contribution in [0.1, 0.15) is 37.4 Å². The molecule has 4 rings (SSSR count). The summed E-state index contributed by atoms with van der Waals surface area (Å²) in [5.41, 5.74) is 4.86. The Kier molecular flexibility index (Phi) is 6.56. The predicted molar refractivity (Wildman–Crippen MR) is 133 cm³/mol. The molecule has 0 spiro atoms. The molecule has 0 radical (unpaired) electrons. The van der Waals surface area contributed by atoms with E-state index in [1.165, 1.54) is 7.11 Å². The van der Waals surface area contributed by atoms with Crippen molar-refractivity contribution in [2.45, 2.75) is 16.3 Å². The maximum atomic E-state index is 13.5. The number of rotatable bonds is 7. The Labute approximate surface area is 211 Å². The Morgan fingerprint density at radius 3 is 2.16 bits per heavy atom. The van der Waals surface area contributed by atoms with E-state index in [4.69, 9.17) is 10.5 Å². The Morgan fingerprint density at radius 2 is 1.57 bits per heavy atom. The molecule has 0 amide bonds. The van der Waals surface area contributed by atoms with E-state index in [2.05, 4.69) is 10.6 Å². The fourth-order valence-electron chi connectivity index (χ4n) is 4.14. The Bertz CT molecular complexity index is 1700. The molecule has 194 valence electrons. The van der Waals surface area contributed by atoms with Gasteiger partial charge in [-0.15, -0.1) is 0 Å². The van der Waals surface area contributed by atoms with E-state index in [1.807, 2.05) is 0 Å². The highest BCUT2D eigenvalue weighted by Gasteiger charge is 2.37. The van der Waals surface area contributed by atoms with Gasteiger partial charge in [-0.1, -0.05) is 0 Å². The Balaban J connectivity index is 1.97. The second-order valence-corrected chi connectivity index (χ2v) is 10.9. The lowest BCUT2D eigenvalue weighted by Crippen LogP contribution is -2.25. The van der Waals surface area contributed by atoms with Gasteiger partial charge in [-0.3, -0.25) is 18.7 Å². The molecule has 0 fully saturated rings. The summed E-state index contributed by atoms with van der Waals surface area (Å²) in [5.74, 6) is -1.16. The van der Waals surface area contributed by atoms with E-state index in [9.17, 15) is 35.5 Å². The van der Waals surface area contributed by atoms with Crippen LogP contribution < -0.4 is 21.1 Å². The van der Waals surface area contributed by atoms with Crippen LogP contribution in [0.3, 0.4) is 0 Å². The SMILES string of the molecule is CNCc1cc(Nc2cc(S(=O)(=O)O)c(N)c3c2C(=O)c2ccc(S(=O)(=O)O)cc2C3=O)ccc1OC. The van der Waals surface area contributed by atoms with E-state index in [0.29, 0.717) is 18.0 Å². The van der Waals surface area contributed by atoms with Crippen molar-refractivity contribution in [3.63, 3.8) is 0 Å². The van der Waals surface area contributed by atoms with Gasteiger partial charge in [-0.2, -0.15) is 16.8 Å². The van der Waals surface area contributed by atoms with Crippen molar-refractivity contribution in [2.24, 2.45) is 0 Å². The molecule has 37 heavy (non-hydrogen) atoms. The summed E-state index contributed by atoms with van der Waals surface area (Å²) in [4.78, 5) is 25.5. The molecule has 0 saturated heterocycles. The highest BCUT2D eigenvalue weighted by Crippen LogP contribution is 2.40. The van der Waals surface area contributed by atoms with Crippen LogP contribution in [0.4, 0.5) is 17.1 Å². The average molecular weight is 548 g/mol. The van der Waals surface area contributed by atoms with Crippen molar-refractivity contribution >= 4 is 48.9 Å². The topological polar surface area (TPSA) is 202 Å². The summed E-state index contributed by atoms with van der Waals surface area (Å²) in [7, 11) is -6.45. The van der Waals surface area contributed by atoms with E-state index < -0.39 is 58.4 Å². The molecule has 12 nitrogen and oxygen atoms in total. The van der Waals surface area contributed by atoms with Crippen LogP contribution in [0.5, 0.6) is 5.75 Å². The number of nitrogen functional groups attached to an aromatic ring is 1. The molecule has 6 N–H and O–H groups in total. The fraction of sp³-hybridized carbons (Fsp3) is 0.130. The number of fused-ring (bicyclic) bond motifs is 2. The van der Waals surface area contributed by atoms with Crippen LogP contribution in [0, 0.1) is 0 Å². The first-order chi connectivity index (χ1) is 17.3. The van der Waals surface area contributed by atoms with E-state index in [1.54, 1.807) is 25.2 Å². The van der Waals surface area contributed by atoms with Crippen LogP contribution in [0.2, 0.25) is 0 Å². The second-order valence-electron chi connectivity index (χ2n) is 8.08. The molecule has 0 aromatic heterocycles. The zero-order valence-electron chi connectivity index (χ0n) is 19.4. The van der Waals surface area contributed by atoms with Crippen LogP contribution >= 0.6 is 0 Å². The standard InChI is InChI=1S/C23H21N3O9S2/c1-25-10-11-7-12(3-6-17(11)35-2)26-16-9-18(37(32,33)34)21(24)20-19(16)22(27)14-5-4-13(36(29,30)31)8-15(14)23(20)28/h3-9,25-26H,10,24H2,1-2H3,(H,29,30,31)(H,32,33,34). The number of benzene rings is 3. The zero-order valence-corrected chi connectivity index (χ0v) is 21.0. The second kappa shape index (κ2) is 9.24. The van der Waals surface area contributed by atoms with Crippen LogP contribution in [0.25, 0.3) is 0 Å². The van der Waals surface area contributed by atoms with E-state index in [0.717, 1.165) is 29.8 Å². The largest absolute Gasteiger partial charge is 0.496 e. The summed E-state index contributed by atoms with van der Waals surface area (Å²) in [5, 5.41) is 5.90. The lowest BCUT2D eigenvalue weighted by Gasteiger charge is -2.24. The van der Waals surface area contributed by atoms with Crippen molar-refractivity contribution in [3.05, 3.63) is 70.3 Å². The lowest BCUT2D eigenvalue weighted by atomic mass is 9.82. The van der Waals surface area contributed by atoms with Gasteiger partial charge in [-0.05, 0) is 49.5 Å². The average Bonchev–Trinajstić information content (AvgIpc) is 2.82. The van der Waals surface area contributed by atoms with Gasteiger partial charge < -0.3 is 21.1 Å². The summed E-state index contributed by atoms with van der Waals surface area (Å²) in [6.07, 6.45) is 0. The van der Waals surface area contributed by atoms with Gasteiger partial charge in [0, 0.05) is 28.9 Å². The molecule has 0 heterocycles. The highest BCUT2D eigenvalue weighted by molar-refractivity contribution is 7.86. The number of carbonyl (C=O) groups is 2. The van der Waals surface area contributed by atoms with Gasteiger partial charge in [0.1, 0.15) is 10.6 Å². The number of nitrogens with two attached hydrogens (primary N) is 1. The molecule has 3 aromatic carbocycles.